The molecule has 1 saturated heterocycles. The van der Waals surface area contributed by atoms with Gasteiger partial charge < -0.3 is 15.1 Å². The highest BCUT2D eigenvalue weighted by Crippen LogP contribution is 2.43. The number of halogens is 4. The van der Waals surface area contributed by atoms with E-state index in [4.69, 9.17) is 11.6 Å². The number of hydrogen-bond donors (Lipinski definition) is 3. The number of alkyl halides is 3. The number of aromatic nitrogens is 3. The number of carboxylic acids is 1. The molecule has 1 aliphatic rings. The van der Waals surface area contributed by atoms with Crippen LogP contribution in [0, 0.1) is 5.92 Å². The van der Waals surface area contributed by atoms with Crippen LogP contribution in [0.2, 0.25) is 5.02 Å². The standard InChI is InChI=1S/C24H18ClF3N4O3S/c25-16-3-1-13(18(9-16)24(26,27)28)8-17(12-2-4-19-15(7-12)10-29-31-19)20-21(33)30-23(36-20)32-6-5-14(11-32)22(34)35/h1-4,7-10,14,33H,5-6,11H2,(H,29,31)(H,34,35). The molecule has 3 heterocycles. The molecular formula is C24H18ClF3N4O3S. The number of nitrogens with one attached hydrogen (secondary N) is 1. The summed E-state index contributed by atoms with van der Waals surface area (Å²) in [6, 6.07) is 8.72. The zero-order valence-electron chi connectivity index (χ0n) is 18.4. The highest BCUT2D eigenvalue weighted by molar-refractivity contribution is 7.17. The first-order valence-corrected chi connectivity index (χ1v) is 12.0. The number of benzene rings is 2. The van der Waals surface area contributed by atoms with Gasteiger partial charge in [0.2, 0.25) is 5.88 Å². The Hall–Kier alpha value is -3.57. The van der Waals surface area contributed by atoms with Gasteiger partial charge in [-0.3, -0.25) is 9.89 Å². The number of carbonyl (C=O) groups is 1. The number of anilines is 1. The lowest BCUT2D eigenvalue weighted by Crippen LogP contribution is -2.22. The van der Waals surface area contributed by atoms with E-state index in [1.165, 1.54) is 18.2 Å². The fourth-order valence-corrected chi connectivity index (χ4v) is 5.40. The second-order valence-electron chi connectivity index (χ2n) is 8.38. The van der Waals surface area contributed by atoms with Crippen LogP contribution < -0.4 is 4.90 Å². The van der Waals surface area contributed by atoms with E-state index in [0.29, 0.717) is 29.2 Å². The van der Waals surface area contributed by atoms with Crippen molar-refractivity contribution in [2.24, 2.45) is 5.92 Å². The normalized spacial score (nSPS) is 16.7. The minimum absolute atomic E-state index is 0.0502. The average Bonchev–Trinajstić information content (AvgIpc) is 3.56. The molecule has 0 radical (unpaired) electrons. The fourth-order valence-electron chi connectivity index (χ4n) is 4.19. The lowest BCUT2D eigenvalue weighted by Gasteiger charge is -2.14. The van der Waals surface area contributed by atoms with Crippen LogP contribution in [0.5, 0.6) is 5.88 Å². The molecule has 12 heteroatoms. The summed E-state index contributed by atoms with van der Waals surface area (Å²) in [4.78, 5) is 17.6. The van der Waals surface area contributed by atoms with Crippen molar-refractivity contribution in [3.8, 4) is 5.88 Å². The first-order valence-electron chi connectivity index (χ1n) is 10.8. The molecule has 5 rings (SSSR count). The third kappa shape index (κ3) is 4.63. The first-order chi connectivity index (χ1) is 17.1. The van der Waals surface area contributed by atoms with Crippen LogP contribution in [0.1, 0.15) is 28.0 Å². The molecule has 7 nitrogen and oxygen atoms in total. The van der Waals surface area contributed by atoms with Crippen LogP contribution in [0.4, 0.5) is 18.3 Å². The molecular weight excluding hydrogens is 517 g/mol. The first kappa shape index (κ1) is 24.1. The number of hydrogen-bond acceptors (Lipinski definition) is 6. The number of rotatable bonds is 5. The highest BCUT2D eigenvalue weighted by Gasteiger charge is 2.34. The summed E-state index contributed by atoms with van der Waals surface area (Å²) in [5.41, 5.74) is 0.565. The number of aromatic amines is 1. The van der Waals surface area contributed by atoms with E-state index >= 15 is 0 Å². The Kier molecular flexibility index (Phi) is 6.13. The van der Waals surface area contributed by atoms with Crippen LogP contribution in [0.15, 0.2) is 42.6 Å². The third-order valence-electron chi connectivity index (χ3n) is 6.02. The van der Waals surface area contributed by atoms with E-state index in [-0.39, 0.29) is 27.9 Å². The fraction of sp³-hybridized carbons (Fsp3) is 0.208. The Morgan fingerprint density at radius 3 is 2.78 bits per heavy atom. The molecule has 186 valence electrons. The Morgan fingerprint density at radius 2 is 2.06 bits per heavy atom. The Balaban J connectivity index is 1.65. The van der Waals surface area contributed by atoms with Crippen molar-refractivity contribution in [2.45, 2.75) is 12.6 Å². The summed E-state index contributed by atoms with van der Waals surface area (Å²) < 4.78 is 41.5. The maximum atomic E-state index is 13.8. The largest absolute Gasteiger partial charge is 0.492 e. The molecule has 1 fully saturated rings. The number of H-pyrrole nitrogens is 1. The number of aromatic hydroxyl groups is 1. The predicted octanol–water partition coefficient (Wildman–Crippen LogP) is 5.90. The van der Waals surface area contributed by atoms with Crippen LogP contribution in [0.25, 0.3) is 22.6 Å². The number of nitrogens with zero attached hydrogens (tertiary/aromatic N) is 3. The van der Waals surface area contributed by atoms with E-state index in [1.807, 2.05) is 0 Å². The maximum absolute atomic E-state index is 13.8. The summed E-state index contributed by atoms with van der Waals surface area (Å²) in [5, 5.41) is 28.0. The summed E-state index contributed by atoms with van der Waals surface area (Å²) in [6.07, 6.45) is -1.28. The van der Waals surface area contributed by atoms with Gasteiger partial charge in [0.15, 0.2) is 5.13 Å². The number of fused-ring (bicyclic) bond motifs is 1. The van der Waals surface area contributed by atoms with Crippen molar-refractivity contribution in [1.29, 1.82) is 0 Å². The average molecular weight is 535 g/mol. The third-order valence-corrected chi connectivity index (χ3v) is 7.40. The molecule has 1 unspecified atom stereocenters. The van der Waals surface area contributed by atoms with Crippen molar-refractivity contribution in [3.63, 3.8) is 0 Å². The molecule has 1 aliphatic heterocycles. The molecule has 36 heavy (non-hydrogen) atoms. The van der Waals surface area contributed by atoms with Crippen molar-refractivity contribution >= 4 is 56.6 Å². The molecule has 2 aromatic carbocycles. The molecule has 2 aromatic heterocycles. The van der Waals surface area contributed by atoms with Crippen molar-refractivity contribution in [3.05, 3.63) is 69.2 Å². The number of aliphatic carboxylic acids is 1. The van der Waals surface area contributed by atoms with Gasteiger partial charge in [-0.05, 0) is 47.9 Å². The number of carboxylic acid groups (broad SMARTS) is 1. The quantitative estimate of drug-likeness (QED) is 0.276. The van der Waals surface area contributed by atoms with E-state index < -0.39 is 23.6 Å². The summed E-state index contributed by atoms with van der Waals surface area (Å²) >= 11 is 6.94. The van der Waals surface area contributed by atoms with Crippen molar-refractivity contribution < 1.29 is 28.2 Å². The Bertz CT molecular complexity index is 1500. The minimum atomic E-state index is -4.65. The number of thiazole rings is 1. The molecule has 0 spiro atoms. The minimum Gasteiger partial charge on any atom is -0.492 e. The van der Waals surface area contributed by atoms with Gasteiger partial charge in [-0.15, -0.1) is 0 Å². The molecule has 3 N–H and O–H groups in total. The van der Waals surface area contributed by atoms with E-state index in [9.17, 15) is 28.2 Å². The zero-order valence-corrected chi connectivity index (χ0v) is 20.0. The topological polar surface area (TPSA) is 102 Å². The smallest absolute Gasteiger partial charge is 0.417 e. The molecule has 0 saturated carbocycles. The van der Waals surface area contributed by atoms with Gasteiger partial charge in [0.1, 0.15) is 4.88 Å². The van der Waals surface area contributed by atoms with Gasteiger partial charge >= 0.3 is 12.1 Å². The van der Waals surface area contributed by atoms with Crippen LogP contribution in [-0.4, -0.2) is 44.5 Å². The second kappa shape index (κ2) is 9.14. The highest BCUT2D eigenvalue weighted by atomic mass is 35.5. The molecule has 1 atom stereocenters. The Labute approximate surface area is 211 Å². The zero-order chi connectivity index (χ0) is 25.6. The van der Waals surface area contributed by atoms with E-state index in [2.05, 4.69) is 15.2 Å². The molecule has 0 amide bonds. The van der Waals surface area contributed by atoms with Gasteiger partial charge in [-0.1, -0.05) is 35.1 Å². The second-order valence-corrected chi connectivity index (χ2v) is 9.79. The predicted molar refractivity (Wildman–Crippen MR) is 131 cm³/mol. The van der Waals surface area contributed by atoms with Gasteiger partial charge in [0.25, 0.3) is 0 Å². The van der Waals surface area contributed by atoms with Gasteiger partial charge in [0, 0.05) is 29.1 Å². The lowest BCUT2D eigenvalue weighted by atomic mass is 9.98. The maximum Gasteiger partial charge on any atom is 0.417 e. The summed E-state index contributed by atoms with van der Waals surface area (Å²) in [5.74, 6) is -1.81. The Morgan fingerprint density at radius 1 is 1.25 bits per heavy atom. The molecule has 0 bridgehead atoms. The van der Waals surface area contributed by atoms with Crippen LogP contribution >= 0.6 is 22.9 Å². The van der Waals surface area contributed by atoms with E-state index in [0.717, 1.165) is 28.3 Å². The summed E-state index contributed by atoms with van der Waals surface area (Å²) in [6.45, 7) is 0.677. The van der Waals surface area contributed by atoms with Gasteiger partial charge in [0.05, 0.1) is 23.2 Å². The molecule has 4 aromatic rings. The monoisotopic (exact) mass is 534 g/mol. The summed E-state index contributed by atoms with van der Waals surface area (Å²) in [7, 11) is 0. The van der Waals surface area contributed by atoms with Crippen LogP contribution in [-0.2, 0) is 11.0 Å². The van der Waals surface area contributed by atoms with E-state index in [1.54, 1.807) is 29.3 Å². The lowest BCUT2D eigenvalue weighted by molar-refractivity contribution is -0.141. The van der Waals surface area contributed by atoms with Gasteiger partial charge in [-0.25, -0.2) is 0 Å². The van der Waals surface area contributed by atoms with Crippen molar-refractivity contribution in [1.82, 2.24) is 15.2 Å². The van der Waals surface area contributed by atoms with Crippen molar-refractivity contribution in [2.75, 3.05) is 18.0 Å². The SMILES string of the molecule is O=C(O)C1CCN(c2nc(O)c(C(=Cc3ccc(Cl)cc3C(F)(F)F)c3ccc4[nH]ncc4c3)s2)C1. The van der Waals surface area contributed by atoms with Gasteiger partial charge in [-0.2, -0.15) is 23.3 Å². The molecule has 0 aliphatic carbocycles. The van der Waals surface area contributed by atoms with Crippen LogP contribution in [0.3, 0.4) is 0 Å².